The van der Waals surface area contributed by atoms with Crippen molar-refractivity contribution in [1.29, 1.82) is 0 Å². The molecule has 26 heavy (non-hydrogen) atoms. The lowest BCUT2D eigenvalue weighted by Gasteiger charge is -2.35. The Morgan fingerprint density at radius 2 is 1.77 bits per heavy atom. The molecule has 1 aliphatic heterocycles. The van der Waals surface area contributed by atoms with E-state index in [1.54, 1.807) is 22.2 Å². The summed E-state index contributed by atoms with van der Waals surface area (Å²) < 4.78 is 29.5. The summed E-state index contributed by atoms with van der Waals surface area (Å²) >= 11 is 6.07. The molecule has 1 saturated heterocycles. The van der Waals surface area contributed by atoms with Gasteiger partial charge in [0.25, 0.3) is 0 Å². The fraction of sp³-hybridized carbons (Fsp3) is 0.500. The highest BCUT2D eigenvalue weighted by molar-refractivity contribution is 7.89. The Morgan fingerprint density at radius 1 is 1.12 bits per heavy atom. The van der Waals surface area contributed by atoms with Gasteiger partial charge in [-0.15, -0.1) is 0 Å². The van der Waals surface area contributed by atoms with Gasteiger partial charge in [0.05, 0.1) is 5.69 Å². The van der Waals surface area contributed by atoms with E-state index in [-0.39, 0.29) is 5.41 Å². The molecule has 0 atom stereocenters. The number of piperazine rings is 1. The highest BCUT2D eigenvalue weighted by Crippen LogP contribution is 2.30. The van der Waals surface area contributed by atoms with Gasteiger partial charge < -0.3 is 4.90 Å². The van der Waals surface area contributed by atoms with Crippen LogP contribution in [0.4, 0.5) is 5.69 Å². The van der Waals surface area contributed by atoms with E-state index in [0.717, 1.165) is 5.69 Å². The molecule has 142 valence electrons. The summed E-state index contributed by atoms with van der Waals surface area (Å²) in [5, 5.41) is 5.08. The second-order valence-corrected chi connectivity index (χ2v) is 9.98. The van der Waals surface area contributed by atoms with Gasteiger partial charge in [-0.05, 0) is 18.2 Å². The molecule has 2 aromatic rings. The molecule has 0 N–H and O–H groups in total. The van der Waals surface area contributed by atoms with Crippen molar-refractivity contribution in [2.24, 2.45) is 7.05 Å². The van der Waals surface area contributed by atoms with Crippen LogP contribution in [0.2, 0.25) is 5.02 Å². The molecule has 0 unspecified atom stereocenters. The Morgan fingerprint density at radius 3 is 2.35 bits per heavy atom. The molecule has 1 aromatic carbocycles. The number of hydrogen-bond acceptors (Lipinski definition) is 4. The normalized spacial score (nSPS) is 16.9. The van der Waals surface area contributed by atoms with Crippen LogP contribution in [0.3, 0.4) is 0 Å². The number of aromatic nitrogens is 2. The Hall–Kier alpha value is -1.57. The zero-order valence-corrected chi connectivity index (χ0v) is 17.2. The number of rotatable bonds is 3. The monoisotopic (exact) mass is 396 g/mol. The number of nitrogens with zero attached hydrogens (tertiary/aromatic N) is 4. The SMILES string of the molecule is Cn1cc(S(=O)(=O)N2CCN(c3cccc(Cl)c3)CC2)c(C(C)(C)C)n1. The maximum atomic E-state index is 13.2. The number of benzene rings is 1. The molecule has 1 fully saturated rings. The van der Waals surface area contributed by atoms with Crippen LogP contribution in [-0.2, 0) is 22.5 Å². The predicted molar refractivity (Wildman–Crippen MR) is 104 cm³/mol. The lowest BCUT2D eigenvalue weighted by atomic mass is 9.92. The molecule has 3 rings (SSSR count). The number of aryl methyl sites for hydroxylation is 1. The first-order valence-corrected chi connectivity index (χ1v) is 10.5. The Bertz CT molecular complexity index is 894. The average molecular weight is 397 g/mol. The third-order valence-electron chi connectivity index (χ3n) is 4.54. The van der Waals surface area contributed by atoms with E-state index >= 15 is 0 Å². The van der Waals surface area contributed by atoms with Crippen LogP contribution in [0.5, 0.6) is 0 Å². The second-order valence-electron chi connectivity index (χ2n) is 7.64. The maximum Gasteiger partial charge on any atom is 0.246 e. The van der Waals surface area contributed by atoms with Gasteiger partial charge in [-0.2, -0.15) is 9.40 Å². The largest absolute Gasteiger partial charge is 0.369 e. The van der Waals surface area contributed by atoms with Crippen molar-refractivity contribution >= 4 is 27.3 Å². The van der Waals surface area contributed by atoms with Crippen molar-refractivity contribution in [3.8, 4) is 0 Å². The first kappa shape index (κ1) is 19.2. The summed E-state index contributed by atoms with van der Waals surface area (Å²) in [4.78, 5) is 2.47. The average Bonchev–Trinajstić information content (AvgIpc) is 2.98. The van der Waals surface area contributed by atoms with E-state index in [1.165, 1.54) is 0 Å². The summed E-state index contributed by atoms with van der Waals surface area (Å²) in [7, 11) is -1.82. The van der Waals surface area contributed by atoms with Gasteiger partial charge in [0.1, 0.15) is 4.90 Å². The van der Waals surface area contributed by atoms with E-state index in [0.29, 0.717) is 41.8 Å². The standard InChI is InChI=1S/C18H25ClN4O2S/c1-18(2,3)17-16(13-21(4)20-17)26(24,25)23-10-8-22(9-11-23)15-7-5-6-14(19)12-15/h5-7,12-13H,8-11H2,1-4H3. The minimum absolute atomic E-state index is 0.309. The van der Waals surface area contributed by atoms with Crippen LogP contribution in [0.15, 0.2) is 35.4 Å². The van der Waals surface area contributed by atoms with Crippen LogP contribution in [0.25, 0.3) is 0 Å². The summed E-state index contributed by atoms with van der Waals surface area (Å²) in [5.41, 5.74) is 1.29. The predicted octanol–water partition coefficient (Wildman–Crippen LogP) is 2.88. The van der Waals surface area contributed by atoms with Gasteiger partial charge in [0, 0.05) is 55.5 Å². The van der Waals surface area contributed by atoms with Gasteiger partial charge in [0.15, 0.2) is 0 Å². The zero-order valence-electron chi connectivity index (χ0n) is 15.6. The molecule has 0 saturated carbocycles. The van der Waals surface area contributed by atoms with Crippen LogP contribution < -0.4 is 4.90 Å². The summed E-state index contributed by atoms with van der Waals surface area (Å²) in [6.07, 6.45) is 1.61. The molecule has 0 radical (unpaired) electrons. The Balaban J connectivity index is 1.81. The van der Waals surface area contributed by atoms with Crippen LogP contribution in [0.1, 0.15) is 26.5 Å². The summed E-state index contributed by atoms with van der Waals surface area (Å²) in [6, 6.07) is 7.65. The van der Waals surface area contributed by atoms with Gasteiger partial charge in [-0.3, -0.25) is 4.68 Å². The van der Waals surface area contributed by atoms with Crippen molar-refractivity contribution in [2.45, 2.75) is 31.1 Å². The van der Waals surface area contributed by atoms with Crippen LogP contribution in [0, 0.1) is 0 Å². The number of hydrogen-bond donors (Lipinski definition) is 0. The van der Waals surface area contributed by atoms with Gasteiger partial charge in [-0.1, -0.05) is 38.4 Å². The summed E-state index contributed by atoms with van der Waals surface area (Å²) in [5.74, 6) is 0. The smallest absolute Gasteiger partial charge is 0.246 e. The molecule has 1 aromatic heterocycles. The molecule has 0 aliphatic carbocycles. The molecule has 1 aliphatic rings. The topological polar surface area (TPSA) is 58.4 Å². The molecular formula is C18H25ClN4O2S. The molecule has 6 nitrogen and oxygen atoms in total. The van der Waals surface area contributed by atoms with Gasteiger partial charge in [-0.25, -0.2) is 8.42 Å². The van der Waals surface area contributed by atoms with E-state index in [9.17, 15) is 8.42 Å². The van der Waals surface area contributed by atoms with Crippen LogP contribution >= 0.6 is 11.6 Å². The van der Waals surface area contributed by atoms with Crippen molar-refractivity contribution in [2.75, 3.05) is 31.1 Å². The lowest BCUT2D eigenvalue weighted by Crippen LogP contribution is -2.48. The molecule has 0 amide bonds. The van der Waals surface area contributed by atoms with E-state index < -0.39 is 10.0 Å². The fourth-order valence-corrected chi connectivity index (χ4v) is 5.16. The Labute approximate surface area is 160 Å². The first-order chi connectivity index (χ1) is 12.1. The van der Waals surface area contributed by atoms with Gasteiger partial charge in [0.2, 0.25) is 10.0 Å². The van der Waals surface area contributed by atoms with Crippen LogP contribution in [-0.4, -0.2) is 48.7 Å². The number of halogens is 1. The fourth-order valence-electron chi connectivity index (χ4n) is 3.17. The highest BCUT2D eigenvalue weighted by Gasteiger charge is 2.35. The molecule has 0 bridgehead atoms. The van der Waals surface area contributed by atoms with Crippen molar-refractivity contribution in [1.82, 2.24) is 14.1 Å². The van der Waals surface area contributed by atoms with E-state index in [2.05, 4.69) is 10.00 Å². The quantitative estimate of drug-likeness (QED) is 0.800. The highest BCUT2D eigenvalue weighted by atomic mass is 35.5. The first-order valence-electron chi connectivity index (χ1n) is 8.64. The molecule has 0 spiro atoms. The number of sulfonamides is 1. The Kier molecular flexibility index (Phi) is 5.07. The zero-order chi connectivity index (χ0) is 19.1. The second kappa shape index (κ2) is 6.87. The third kappa shape index (κ3) is 3.75. The summed E-state index contributed by atoms with van der Waals surface area (Å²) in [6.45, 7) is 8.07. The molecule has 2 heterocycles. The van der Waals surface area contributed by atoms with Crippen molar-refractivity contribution in [3.05, 3.63) is 41.2 Å². The van der Waals surface area contributed by atoms with Crippen molar-refractivity contribution in [3.63, 3.8) is 0 Å². The molecular weight excluding hydrogens is 372 g/mol. The van der Waals surface area contributed by atoms with E-state index in [4.69, 9.17) is 11.6 Å². The van der Waals surface area contributed by atoms with Crippen molar-refractivity contribution < 1.29 is 8.42 Å². The lowest BCUT2D eigenvalue weighted by molar-refractivity contribution is 0.383. The third-order valence-corrected chi connectivity index (χ3v) is 6.67. The number of anilines is 1. The maximum absolute atomic E-state index is 13.2. The minimum atomic E-state index is -3.57. The van der Waals surface area contributed by atoms with Gasteiger partial charge >= 0.3 is 0 Å². The van der Waals surface area contributed by atoms with E-state index in [1.807, 2.05) is 45.0 Å². The minimum Gasteiger partial charge on any atom is -0.369 e. The molecule has 8 heteroatoms.